The Morgan fingerprint density at radius 3 is 1.94 bits per heavy atom. The topological polar surface area (TPSA) is 161 Å². The number of aliphatic carboxylic acids is 2. The summed E-state index contributed by atoms with van der Waals surface area (Å²) in [5.41, 5.74) is 0. The van der Waals surface area contributed by atoms with Crippen molar-refractivity contribution >= 4 is 11.9 Å². The summed E-state index contributed by atoms with van der Waals surface area (Å²) in [6.07, 6.45) is -1.08. The number of nitro groups is 2. The van der Waals surface area contributed by atoms with E-state index in [-0.39, 0.29) is 6.42 Å². The van der Waals surface area contributed by atoms with Gasteiger partial charge < -0.3 is 10.2 Å². The molecule has 0 rings (SSSR count). The van der Waals surface area contributed by atoms with Crippen molar-refractivity contribution in [1.29, 1.82) is 0 Å². The fourth-order valence-electron chi connectivity index (χ4n) is 1.24. The highest BCUT2D eigenvalue weighted by Crippen LogP contribution is 2.11. The Kier molecular flexibility index (Phi) is 5.51. The lowest BCUT2D eigenvalue weighted by atomic mass is 10.0. The summed E-state index contributed by atoms with van der Waals surface area (Å²) in [5.74, 6) is -3.12. The summed E-state index contributed by atoms with van der Waals surface area (Å²) in [5, 5.41) is 37.7. The van der Waals surface area contributed by atoms with Gasteiger partial charge in [-0.3, -0.25) is 25.0 Å². The molecule has 0 spiro atoms. The van der Waals surface area contributed by atoms with Gasteiger partial charge in [-0.15, -0.1) is 0 Å². The quantitative estimate of drug-likeness (QED) is 0.435. The fraction of sp³-hybridized carbons (Fsp3) is 0.714. The van der Waals surface area contributed by atoms with Crippen molar-refractivity contribution < 1.29 is 29.6 Å². The van der Waals surface area contributed by atoms with Crippen LogP contribution in [0.1, 0.15) is 19.3 Å². The molecule has 0 fully saturated rings. The minimum absolute atomic E-state index is 0.196. The van der Waals surface area contributed by atoms with Gasteiger partial charge in [0.15, 0.2) is 0 Å². The third kappa shape index (κ3) is 4.86. The SMILES string of the molecule is O=C(O)CCCC(C(C(=O)O)[N+](=O)[O-])[N+](=O)[O-]. The molecule has 0 aromatic heterocycles. The van der Waals surface area contributed by atoms with E-state index in [0.717, 1.165) is 0 Å². The molecule has 0 radical (unpaired) electrons. The number of rotatable bonds is 8. The number of carboxylic acids is 2. The van der Waals surface area contributed by atoms with Gasteiger partial charge in [-0.05, 0) is 6.42 Å². The molecule has 17 heavy (non-hydrogen) atoms. The lowest BCUT2D eigenvalue weighted by Crippen LogP contribution is -2.45. The number of nitrogens with zero attached hydrogens (tertiary/aromatic N) is 2. The van der Waals surface area contributed by atoms with Gasteiger partial charge in [0.2, 0.25) is 0 Å². The van der Waals surface area contributed by atoms with Crippen molar-refractivity contribution in [2.45, 2.75) is 31.3 Å². The van der Waals surface area contributed by atoms with Crippen molar-refractivity contribution in [3.8, 4) is 0 Å². The molecule has 0 saturated carbocycles. The molecule has 0 saturated heterocycles. The van der Waals surface area contributed by atoms with E-state index in [0.29, 0.717) is 0 Å². The molecule has 0 amide bonds. The van der Waals surface area contributed by atoms with E-state index in [1.165, 1.54) is 0 Å². The fourth-order valence-corrected chi connectivity index (χ4v) is 1.24. The highest BCUT2D eigenvalue weighted by Gasteiger charge is 2.46. The second-order valence-electron chi connectivity index (χ2n) is 3.21. The minimum atomic E-state index is -2.36. The van der Waals surface area contributed by atoms with Crippen LogP contribution in [-0.2, 0) is 9.59 Å². The first-order valence-electron chi connectivity index (χ1n) is 4.49. The van der Waals surface area contributed by atoms with E-state index in [1.54, 1.807) is 0 Å². The predicted octanol–water partition coefficient (Wildman–Crippen LogP) is -0.383. The molecular weight excluding hydrogens is 240 g/mol. The first kappa shape index (κ1) is 14.7. The van der Waals surface area contributed by atoms with Crippen LogP contribution in [-0.4, -0.2) is 44.1 Å². The molecule has 2 atom stereocenters. The molecule has 0 aliphatic rings. The highest BCUT2D eigenvalue weighted by atomic mass is 16.6. The van der Waals surface area contributed by atoms with E-state index in [1.807, 2.05) is 0 Å². The van der Waals surface area contributed by atoms with Crippen LogP contribution >= 0.6 is 0 Å². The zero-order valence-electron chi connectivity index (χ0n) is 8.51. The predicted molar refractivity (Wildman–Crippen MR) is 50.7 cm³/mol. The second kappa shape index (κ2) is 6.35. The summed E-state index contributed by atoms with van der Waals surface area (Å²) >= 11 is 0. The maximum absolute atomic E-state index is 10.5. The Bertz CT molecular complexity index is 327. The Morgan fingerprint density at radius 1 is 1.12 bits per heavy atom. The molecule has 0 aliphatic carbocycles. The molecular formula is C7H10N2O8. The molecule has 0 aromatic carbocycles. The molecule has 0 aromatic rings. The van der Waals surface area contributed by atoms with Crippen LogP contribution in [0.5, 0.6) is 0 Å². The normalized spacial score (nSPS) is 13.6. The van der Waals surface area contributed by atoms with Crippen molar-refractivity contribution in [2.75, 3.05) is 0 Å². The average Bonchev–Trinajstić information content (AvgIpc) is 2.13. The molecule has 0 aliphatic heterocycles. The zero-order chi connectivity index (χ0) is 13.6. The van der Waals surface area contributed by atoms with E-state index < -0.39 is 46.7 Å². The van der Waals surface area contributed by atoms with Gasteiger partial charge in [-0.1, -0.05) is 0 Å². The van der Waals surface area contributed by atoms with Crippen LogP contribution in [0.4, 0.5) is 0 Å². The third-order valence-corrected chi connectivity index (χ3v) is 2.01. The number of carbonyl (C=O) groups is 2. The maximum Gasteiger partial charge on any atom is 0.386 e. The molecule has 0 bridgehead atoms. The van der Waals surface area contributed by atoms with Crippen molar-refractivity contribution in [3.63, 3.8) is 0 Å². The van der Waals surface area contributed by atoms with E-state index >= 15 is 0 Å². The van der Waals surface area contributed by atoms with Gasteiger partial charge in [-0.25, -0.2) is 4.79 Å². The molecule has 96 valence electrons. The maximum atomic E-state index is 10.5. The average molecular weight is 250 g/mol. The first-order chi connectivity index (χ1) is 7.77. The molecule has 10 heteroatoms. The van der Waals surface area contributed by atoms with Crippen molar-refractivity contribution in [3.05, 3.63) is 20.2 Å². The highest BCUT2D eigenvalue weighted by molar-refractivity contribution is 5.72. The largest absolute Gasteiger partial charge is 0.481 e. The van der Waals surface area contributed by atoms with Crippen LogP contribution in [0.3, 0.4) is 0 Å². The van der Waals surface area contributed by atoms with E-state index in [4.69, 9.17) is 10.2 Å². The van der Waals surface area contributed by atoms with Crippen molar-refractivity contribution in [2.24, 2.45) is 0 Å². The number of hydrogen-bond donors (Lipinski definition) is 2. The van der Waals surface area contributed by atoms with Crippen molar-refractivity contribution in [1.82, 2.24) is 0 Å². The lowest BCUT2D eigenvalue weighted by Gasteiger charge is -2.10. The van der Waals surface area contributed by atoms with Gasteiger partial charge in [0.25, 0.3) is 6.04 Å². The Labute approximate surface area is 94.1 Å². The van der Waals surface area contributed by atoms with Gasteiger partial charge in [0, 0.05) is 22.7 Å². The zero-order valence-corrected chi connectivity index (χ0v) is 8.51. The Balaban J connectivity index is 4.70. The molecule has 2 unspecified atom stereocenters. The van der Waals surface area contributed by atoms with Crippen LogP contribution in [0.15, 0.2) is 0 Å². The Hall–Kier alpha value is -2.26. The summed E-state index contributed by atoms with van der Waals surface area (Å²) in [7, 11) is 0. The van der Waals surface area contributed by atoms with Gasteiger partial charge >= 0.3 is 18.0 Å². The minimum Gasteiger partial charge on any atom is -0.481 e. The number of carboxylic acid groups (broad SMARTS) is 2. The Morgan fingerprint density at radius 2 is 1.65 bits per heavy atom. The van der Waals surface area contributed by atoms with Crippen LogP contribution in [0, 0.1) is 20.2 Å². The second-order valence-corrected chi connectivity index (χ2v) is 3.21. The van der Waals surface area contributed by atoms with E-state index in [9.17, 15) is 29.8 Å². The van der Waals surface area contributed by atoms with Crippen LogP contribution in [0.25, 0.3) is 0 Å². The third-order valence-electron chi connectivity index (χ3n) is 2.01. The smallest absolute Gasteiger partial charge is 0.386 e. The van der Waals surface area contributed by atoms with Gasteiger partial charge in [0.1, 0.15) is 0 Å². The molecule has 10 nitrogen and oxygen atoms in total. The first-order valence-corrected chi connectivity index (χ1v) is 4.49. The van der Waals surface area contributed by atoms with Crippen LogP contribution in [0.2, 0.25) is 0 Å². The van der Waals surface area contributed by atoms with Crippen LogP contribution < -0.4 is 0 Å². The summed E-state index contributed by atoms with van der Waals surface area (Å²) in [6.45, 7) is 0. The summed E-state index contributed by atoms with van der Waals surface area (Å²) < 4.78 is 0. The van der Waals surface area contributed by atoms with E-state index in [2.05, 4.69) is 0 Å². The molecule has 0 heterocycles. The standard InChI is InChI=1S/C7H10N2O8/c10-5(11)3-1-2-4(8(14)15)6(7(12)13)9(16)17/h4,6H,1-3H2,(H,10,11)(H,12,13). The number of hydrogen-bond acceptors (Lipinski definition) is 6. The van der Waals surface area contributed by atoms with Gasteiger partial charge in [0.05, 0.1) is 0 Å². The summed E-state index contributed by atoms with van der Waals surface area (Å²) in [4.78, 5) is 39.3. The van der Waals surface area contributed by atoms with Gasteiger partial charge in [-0.2, -0.15) is 0 Å². The monoisotopic (exact) mass is 250 g/mol. The lowest BCUT2D eigenvalue weighted by molar-refractivity contribution is -0.608. The summed E-state index contributed by atoms with van der Waals surface area (Å²) in [6, 6.07) is -4.29. The molecule has 2 N–H and O–H groups in total.